The summed E-state index contributed by atoms with van der Waals surface area (Å²) in [7, 11) is 0. The molecule has 2 heterocycles. The number of amides is 2. The van der Waals surface area contributed by atoms with Gasteiger partial charge in [0.25, 0.3) is 5.91 Å². The van der Waals surface area contributed by atoms with Gasteiger partial charge in [0.15, 0.2) is 0 Å². The lowest BCUT2D eigenvalue weighted by Gasteiger charge is -2.08. The molecule has 2 aromatic rings. The molecule has 3 rings (SSSR count). The van der Waals surface area contributed by atoms with Crippen LogP contribution in [0, 0.1) is 5.92 Å². The van der Waals surface area contributed by atoms with Gasteiger partial charge in [0.05, 0.1) is 11.2 Å². The van der Waals surface area contributed by atoms with Crippen molar-refractivity contribution in [1.29, 1.82) is 0 Å². The molecule has 1 saturated carbocycles. The molecule has 1 aliphatic rings. The summed E-state index contributed by atoms with van der Waals surface area (Å²) in [5.74, 6) is 0.477. The van der Waals surface area contributed by atoms with Crippen LogP contribution in [0.3, 0.4) is 0 Å². The summed E-state index contributed by atoms with van der Waals surface area (Å²) in [4.78, 5) is 32.5. The van der Waals surface area contributed by atoms with Gasteiger partial charge in [0.1, 0.15) is 10.8 Å². The van der Waals surface area contributed by atoms with Crippen LogP contribution in [0.2, 0.25) is 0 Å². The number of hydrogen-bond acceptors (Lipinski definition) is 5. The van der Waals surface area contributed by atoms with Crippen molar-refractivity contribution in [3.63, 3.8) is 0 Å². The van der Waals surface area contributed by atoms with Crippen molar-refractivity contribution in [2.45, 2.75) is 32.6 Å². The molecule has 0 radical (unpaired) electrons. The first-order valence-electron chi connectivity index (χ1n) is 7.56. The highest BCUT2D eigenvalue weighted by Gasteiger charge is 2.29. The molecule has 0 aromatic carbocycles. The van der Waals surface area contributed by atoms with E-state index in [0.29, 0.717) is 11.4 Å². The van der Waals surface area contributed by atoms with Gasteiger partial charge in [-0.15, -0.1) is 11.3 Å². The molecule has 2 aromatic heterocycles. The van der Waals surface area contributed by atoms with Crippen LogP contribution < -0.4 is 10.6 Å². The Labute approximate surface area is 138 Å². The normalized spacial score (nSPS) is 13.9. The van der Waals surface area contributed by atoms with E-state index in [-0.39, 0.29) is 23.7 Å². The van der Waals surface area contributed by atoms with Gasteiger partial charge in [-0.05, 0) is 30.9 Å². The monoisotopic (exact) mass is 330 g/mol. The molecule has 6 nitrogen and oxygen atoms in total. The van der Waals surface area contributed by atoms with E-state index in [1.165, 1.54) is 17.5 Å². The molecule has 0 unspecified atom stereocenters. The highest BCUT2D eigenvalue weighted by atomic mass is 32.1. The van der Waals surface area contributed by atoms with Gasteiger partial charge in [0.2, 0.25) is 5.91 Å². The third kappa shape index (κ3) is 3.73. The Hall–Kier alpha value is -2.28. The first-order chi connectivity index (χ1) is 11.0. The number of nitrogens with zero attached hydrogens (tertiary/aromatic N) is 2. The molecule has 7 heteroatoms. The molecule has 120 valence electrons. The third-order valence-electron chi connectivity index (χ3n) is 3.59. The fraction of sp³-hybridized carbons (Fsp3) is 0.375. The van der Waals surface area contributed by atoms with E-state index in [1.54, 1.807) is 17.6 Å². The smallest absolute Gasteiger partial charge is 0.256 e. The Morgan fingerprint density at radius 1 is 1.26 bits per heavy atom. The Bertz CT molecular complexity index is 737. The van der Waals surface area contributed by atoms with Crippen LogP contribution in [0.25, 0.3) is 0 Å². The van der Waals surface area contributed by atoms with Crippen molar-refractivity contribution in [3.8, 4) is 0 Å². The van der Waals surface area contributed by atoms with E-state index in [1.807, 2.05) is 13.8 Å². The summed E-state index contributed by atoms with van der Waals surface area (Å²) in [6, 6.07) is 3.21. The maximum absolute atomic E-state index is 12.4. The molecule has 23 heavy (non-hydrogen) atoms. The lowest BCUT2D eigenvalue weighted by Crippen LogP contribution is -2.16. The number of aromatic nitrogens is 2. The van der Waals surface area contributed by atoms with E-state index >= 15 is 0 Å². The van der Waals surface area contributed by atoms with Gasteiger partial charge in [-0.2, -0.15) is 0 Å². The number of carbonyl (C=O) groups is 2. The Morgan fingerprint density at radius 3 is 2.74 bits per heavy atom. The van der Waals surface area contributed by atoms with Crippen molar-refractivity contribution >= 4 is 34.0 Å². The molecule has 1 fully saturated rings. The average molecular weight is 330 g/mol. The summed E-state index contributed by atoms with van der Waals surface area (Å²) in [6.07, 6.45) is 3.37. The van der Waals surface area contributed by atoms with Crippen LogP contribution in [-0.4, -0.2) is 21.8 Å². The van der Waals surface area contributed by atoms with Gasteiger partial charge in [0, 0.05) is 17.7 Å². The Morgan fingerprint density at radius 2 is 2.04 bits per heavy atom. The Balaban J connectivity index is 1.71. The second kappa shape index (κ2) is 6.45. The molecule has 1 aliphatic carbocycles. The molecule has 0 bridgehead atoms. The number of hydrogen-bond donors (Lipinski definition) is 2. The summed E-state index contributed by atoms with van der Waals surface area (Å²) in [5, 5.41) is 6.38. The first-order valence-corrected chi connectivity index (χ1v) is 8.44. The van der Waals surface area contributed by atoms with Crippen LogP contribution in [0.1, 0.15) is 48.7 Å². The van der Waals surface area contributed by atoms with E-state index in [4.69, 9.17) is 0 Å². The summed E-state index contributed by atoms with van der Waals surface area (Å²) in [6.45, 7) is 4.06. The van der Waals surface area contributed by atoms with E-state index < -0.39 is 0 Å². The first kappa shape index (κ1) is 15.6. The highest BCUT2D eigenvalue weighted by molar-refractivity contribution is 7.14. The molecule has 0 aliphatic heterocycles. The largest absolute Gasteiger partial charge is 0.312 e. The van der Waals surface area contributed by atoms with E-state index in [9.17, 15) is 9.59 Å². The second-order valence-electron chi connectivity index (χ2n) is 5.87. The quantitative estimate of drug-likeness (QED) is 0.881. The van der Waals surface area contributed by atoms with Gasteiger partial charge in [-0.3, -0.25) is 9.59 Å². The van der Waals surface area contributed by atoms with Gasteiger partial charge < -0.3 is 10.6 Å². The number of nitrogens with one attached hydrogen (secondary N) is 2. The molecular weight excluding hydrogens is 312 g/mol. The number of anilines is 2. The molecule has 2 N–H and O–H groups in total. The van der Waals surface area contributed by atoms with Gasteiger partial charge in [-0.25, -0.2) is 9.97 Å². The third-order valence-corrected chi connectivity index (χ3v) is 4.35. The van der Waals surface area contributed by atoms with Crippen molar-refractivity contribution < 1.29 is 9.59 Å². The predicted octanol–water partition coefficient (Wildman–Crippen LogP) is 3.26. The molecule has 0 atom stereocenters. The highest BCUT2D eigenvalue weighted by Crippen LogP contribution is 2.30. The van der Waals surface area contributed by atoms with Gasteiger partial charge in [-0.1, -0.05) is 13.8 Å². The minimum atomic E-state index is -0.236. The number of rotatable bonds is 5. The average Bonchev–Trinajstić information content (AvgIpc) is 3.27. The van der Waals surface area contributed by atoms with Crippen molar-refractivity contribution in [2.24, 2.45) is 5.92 Å². The molecule has 0 saturated heterocycles. The zero-order chi connectivity index (χ0) is 16.4. The lowest BCUT2D eigenvalue weighted by molar-refractivity contribution is -0.117. The van der Waals surface area contributed by atoms with Crippen LogP contribution in [0.4, 0.5) is 10.8 Å². The molecule has 2 amide bonds. The van der Waals surface area contributed by atoms with Crippen LogP contribution >= 0.6 is 11.3 Å². The summed E-state index contributed by atoms with van der Waals surface area (Å²) in [5.41, 5.74) is 3.05. The summed E-state index contributed by atoms with van der Waals surface area (Å²) >= 11 is 1.40. The van der Waals surface area contributed by atoms with Gasteiger partial charge >= 0.3 is 0 Å². The fourth-order valence-electron chi connectivity index (χ4n) is 2.15. The van der Waals surface area contributed by atoms with Crippen LogP contribution in [0.15, 0.2) is 23.8 Å². The van der Waals surface area contributed by atoms with Crippen molar-refractivity contribution in [3.05, 3.63) is 35.1 Å². The minimum absolute atomic E-state index is 0.0281. The SMILES string of the molecule is CC(C)c1ncsc1NC(=O)c1ccnc(NC(=O)C2CC2)c1. The van der Waals surface area contributed by atoms with Crippen molar-refractivity contribution in [2.75, 3.05) is 10.6 Å². The van der Waals surface area contributed by atoms with E-state index in [0.717, 1.165) is 23.5 Å². The van der Waals surface area contributed by atoms with Crippen LogP contribution in [-0.2, 0) is 4.79 Å². The molecular formula is C16H18N4O2S. The molecule has 0 spiro atoms. The van der Waals surface area contributed by atoms with Crippen molar-refractivity contribution in [1.82, 2.24) is 9.97 Å². The zero-order valence-corrected chi connectivity index (χ0v) is 13.8. The zero-order valence-electron chi connectivity index (χ0n) is 13.0. The maximum atomic E-state index is 12.4. The topological polar surface area (TPSA) is 84.0 Å². The number of thiazole rings is 1. The second-order valence-corrected chi connectivity index (χ2v) is 6.72. The lowest BCUT2D eigenvalue weighted by atomic mass is 10.1. The predicted molar refractivity (Wildman–Crippen MR) is 89.7 cm³/mol. The maximum Gasteiger partial charge on any atom is 0.256 e. The standard InChI is InChI=1S/C16H18N4O2S/c1-9(2)13-16(23-8-18-13)20-15(22)11-5-6-17-12(7-11)19-14(21)10-3-4-10/h5-10H,3-4H2,1-2H3,(H,20,22)(H,17,19,21). The summed E-state index contributed by atoms with van der Waals surface area (Å²) < 4.78 is 0. The van der Waals surface area contributed by atoms with E-state index in [2.05, 4.69) is 20.6 Å². The fourth-order valence-corrected chi connectivity index (χ4v) is 2.98. The number of carbonyl (C=O) groups excluding carboxylic acids is 2. The number of pyridine rings is 1. The minimum Gasteiger partial charge on any atom is -0.312 e. The Kier molecular flexibility index (Phi) is 4.38. The van der Waals surface area contributed by atoms with Crippen LogP contribution in [0.5, 0.6) is 0 Å².